The Kier molecular flexibility index (Phi) is 6.66. The molecule has 0 bridgehead atoms. The number of esters is 1. The lowest BCUT2D eigenvalue weighted by molar-refractivity contribution is -0.144. The number of hydrazone groups is 1. The van der Waals surface area contributed by atoms with Crippen molar-refractivity contribution >= 4 is 34.7 Å². The highest BCUT2D eigenvalue weighted by Crippen LogP contribution is 2.06. The smallest absolute Gasteiger partial charge is 0.308 e. The van der Waals surface area contributed by atoms with Crippen molar-refractivity contribution in [2.45, 2.75) is 20.3 Å². The van der Waals surface area contributed by atoms with Gasteiger partial charge in [-0.15, -0.1) is 0 Å². The summed E-state index contributed by atoms with van der Waals surface area (Å²) >= 11 is 5.12. The molecule has 20 heavy (non-hydrogen) atoms. The van der Waals surface area contributed by atoms with Gasteiger partial charge in [0.1, 0.15) is 0 Å². The van der Waals surface area contributed by atoms with Gasteiger partial charge in [0.25, 0.3) is 0 Å². The molecule has 2 N–H and O–H groups in total. The van der Waals surface area contributed by atoms with Gasteiger partial charge in [-0.25, -0.2) is 0 Å². The van der Waals surface area contributed by atoms with Gasteiger partial charge in [-0.05, 0) is 31.3 Å². The van der Waals surface area contributed by atoms with E-state index >= 15 is 0 Å². The molecular formula is C14H19N3O2S. The summed E-state index contributed by atoms with van der Waals surface area (Å²) in [6.07, 6.45) is 0.521. The zero-order chi connectivity index (χ0) is 15.0. The number of carbonyl (C=O) groups is 1. The van der Waals surface area contributed by atoms with Crippen molar-refractivity contribution in [1.82, 2.24) is 5.43 Å². The van der Waals surface area contributed by atoms with Crippen LogP contribution >= 0.6 is 12.2 Å². The zero-order valence-electron chi connectivity index (χ0n) is 11.8. The van der Waals surface area contributed by atoms with Crippen LogP contribution in [-0.4, -0.2) is 23.9 Å². The van der Waals surface area contributed by atoms with Crippen molar-refractivity contribution in [1.29, 1.82) is 0 Å². The first kappa shape index (κ1) is 16.1. The maximum absolute atomic E-state index is 11.3. The van der Waals surface area contributed by atoms with Gasteiger partial charge in [0.05, 0.1) is 13.0 Å². The van der Waals surface area contributed by atoms with Crippen LogP contribution in [0.25, 0.3) is 0 Å². The largest absolute Gasteiger partial charge is 0.469 e. The number of methoxy groups -OCH3 is 1. The second-order valence-electron chi connectivity index (χ2n) is 4.41. The summed E-state index contributed by atoms with van der Waals surface area (Å²) < 4.78 is 4.67. The van der Waals surface area contributed by atoms with Crippen LogP contribution in [0.15, 0.2) is 35.4 Å². The SMILES string of the molecule is COC(=O)[C@H](C)CC(C)=NNC(=S)Nc1ccccc1. The summed E-state index contributed by atoms with van der Waals surface area (Å²) in [4.78, 5) is 11.3. The minimum atomic E-state index is -0.246. The fraction of sp³-hybridized carbons (Fsp3) is 0.357. The number of carbonyl (C=O) groups excluding carboxylic acids is 1. The number of nitrogens with zero attached hydrogens (tertiary/aromatic N) is 1. The Balaban J connectivity index is 2.42. The minimum Gasteiger partial charge on any atom is -0.469 e. The van der Waals surface area contributed by atoms with E-state index in [0.717, 1.165) is 11.4 Å². The second-order valence-corrected chi connectivity index (χ2v) is 4.82. The number of anilines is 1. The molecule has 0 aliphatic heterocycles. The van der Waals surface area contributed by atoms with Gasteiger partial charge in [0.15, 0.2) is 5.11 Å². The lowest BCUT2D eigenvalue weighted by Crippen LogP contribution is -2.25. The Labute approximate surface area is 124 Å². The van der Waals surface area contributed by atoms with Crippen LogP contribution < -0.4 is 10.7 Å². The summed E-state index contributed by atoms with van der Waals surface area (Å²) in [7, 11) is 1.38. The van der Waals surface area contributed by atoms with E-state index in [1.807, 2.05) is 37.3 Å². The molecule has 1 aromatic rings. The van der Waals surface area contributed by atoms with Crippen molar-refractivity contribution in [3.05, 3.63) is 30.3 Å². The van der Waals surface area contributed by atoms with Gasteiger partial charge in [-0.3, -0.25) is 10.2 Å². The molecule has 0 fully saturated rings. The third-order valence-electron chi connectivity index (χ3n) is 2.59. The van der Waals surface area contributed by atoms with Gasteiger partial charge in [-0.2, -0.15) is 5.10 Å². The highest BCUT2D eigenvalue weighted by molar-refractivity contribution is 7.80. The third-order valence-corrected chi connectivity index (χ3v) is 2.78. The number of ether oxygens (including phenoxy) is 1. The summed E-state index contributed by atoms with van der Waals surface area (Å²) in [5.74, 6) is -0.467. The molecule has 0 saturated heterocycles. The van der Waals surface area contributed by atoms with Crippen LogP contribution in [-0.2, 0) is 9.53 Å². The number of para-hydroxylation sites is 1. The number of rotatable bonds is 5. The van der Waals surface area contributed by atoms with Crippen LogP contribution in [0.5, 0.6) is 0 Å². The minimum absolute atomic E-state index is 0.221. The Morgan fingerprint density at radius 3 is 2.65 bits per heavy atom. The first-order valence-electron chi connectivity index (χ1n) is 6.26. The maximum atomic E-state index is 11.3. The average molecular weight is 293 g/mol. The lowest BCUT2D eigenvalue weighted by Gasteiger charge is -2.10. The molecule has 0 aromatic heterocycles. The van der Waals surface area contributed by atoms with E-state index in [4.69, 9.17) is 12.2 Å². The summed E-state index contributed by atoms with van der Waals surface area (Å²) in [5.41, 5.74) is 4.42. The van der Waals surface area contributed by atoms with E-state index in [2.05, 4.69) is 20.6 Å². The van der Waals surface area contributed by atoms with Gasteiger partial charge in [-0.1, -0.05) is 25.1 Å². The summed E-state index contributed by atoms with van der Waals surface area (Å²) in [5, 5.41) is 7.54. The number of benzene rings is 1. The first-order valence-corrected chi connectivity index (χ1v) is 6.66. The van der Waals surface area contributed by atoms with E-state index < -0.39 is 0 Å². The quantitative estimate of drug-likeness (QED) is 0.378. The molecule has 0 spiro atoms. The fourth-order valence-corrected chi connectivity index (χ4v) is 1.76. The van der Waals surface area contributed by atoms with Crippen LogP contribution in [0.4, 0.5) is 5.69 Å². The van der Waals surface area contributed by atoms with E-state index in [9.17, 15) is 4.79 Å². The van der Waals surface area contributed by atoms with Crippen LogP contribution in [0.2, 0.25) is 0 Å². The molecule has 0 unspecified atom stereocenters. The highest BCUT2D eigenvalue weighted by atomic mass is 32.1. The number of hydrogen-bond acceptors (Lipinski definition) is 4. The van der Waals surface area contributed by atoms with Gasteiger partial charge in [0, 0.05) is 17.8 Å². The van der Waals surface area contributed by atoms with Crippen molar-refractivity contribution in [3.63, 3.8) is 0 Å². The summed E-state index contributed by atoms with van der Waals surface area (Å²) in [6, 6.07) is 9.57. The van der Waals surface area contributed by atoms with Crippen molar-refractivity contribution in [3.8, 4) is 0 Å². The zero-order valence-corrected chi connectivity index (χ0v) is 12.7. The van der Waals surface area contributed by atoms with Gasteiger partial charge in [0.2, 0.25) is 0 Å². The predicted octanol–water partition coefficient (Wildman–Crippen LogP) is 2.55. The Hall–Kier alpha value is -1.95. The molecule has 0 aliphatic rings. The van der Waals surface area contributed by atoms with E-state index in [0.29, 0.717) is 11.5 Å². The third kappa shape index (κ3) is 5.79. The topological polar surface area (TPSA) is 62.7 Å². The maximum Gasteiger partial charge on any atom is 0.308 e. The molecule has 108 valence electrons. The number of hydrogen-bond donors (Lipinski definition) is 2. The number of thiocarbonyl (C=S) groups is 1. The standard InChI is InChI=1S/C14H19N3O2S/c1-10(13(18)19-3)9-11(2)16-17-14(20)15-12-7-5-4-6-8-12/h4-8,10H,9H2,1-3H3,(H2,15,17,20)/t10-/m1/s1. The molecular weight excluding hydrogens is 274 g/mol. The monoisotopic (exact) mass is 293 g/mol. The molecule has 1 aromatic carbocycles. The molecule has 5 nitrogen and oxygen atoms in total. The Bertz CT molecular complexity index is 488. The molecule has 1 atom stereocenters. The predicted molar refractivity (Wildman–Crippen MR) is 84.7 cm³/mol. The lowest BCUT2D eigenvalue weighted by atomic mass is 10.1. The molecule has 1 rings (SSSR count). The van der Waals surface area contributed by atoms with E-state index in [-0.39, 0.29) is 11.9 Å². The molecule has 0 heterocycles. The molecule has 0 radical (unpaired) electrons. The van der Waals surface area contributed by atoms with E-state index in [1.165, 1.54) is 7.11 Å². The second kappa shape index (κ2) is 8.27. The Morgan fingerprint density at radius 1 is 1.40 bits per heavy atom. The summed E-state index contributed by atoms with van der Waals surface area (Å²) in [6.45, 7) is 3.63. The number of nitrogens with one attached hydrogen (secondary N) is 2. The fourth-order valence-electron chi connectivity index (χ4n) is 1.60. The van der Waals surface area contributed by atoms with Crippen LogP contribution in [0, 0.1) is 5.92 Å². The van der Waals surface area contributed by atoms with Crippen molar-refractivity contribution in [2.75, 3.05) is 12.4 Å². The average Bonchev–Trinajstić information content (AvgIpc) is 2.45. The van der Waals surface area contributed by atoms with Crippen LogP contribution in [0.3, 0.4) is 0 Å². The van der Waals surface area contributed by atoms with Crippen molar-refractivity contribution < 1.29 is 9.53 Å². The molecule has 0 amide bonds. The van der Waals surface area contributed by atoms with Crippen LogP contribution in [0.1, 0.15) is 20.3 Å². The molecule has 0 saturated carbocycles. The normalized spacial score (nSPS) is 12.4. The first-order chi connectivity index (χ1) is 9.52. The molecule has 6 heteroatoms. The van der Waals surface area contributed by atoms with Crippen molar-refractivity contribution in [2.24, 2.45) is 11.0 Å². The van der Waals surface area contributed by atoms with Gasteiger partial charge < -0.3 is 10.1 Å². The highest BCUT2D eigenvalue weighted by Gasteiger charge is 2.13. The van der Waals surface area contributed by atoms with E-state index in [1.54, 1.807) is 6.92 Å². The molecule has 0 aliphatic carbocycles. The Morgan fingerprint density at radius 2 is 2.05 bits per heavy atom. The van der Waals surface area contributed by atoms with Gasteiger partial charge >= 0.3 is 5.97 Å².